The molecule has 0 N–H and O–H groups in total. The van der Waals surface area contributed by atoms with Gasteiger partial charge >= 0.3 is 0 Å². The van der Waals surface area contributed by atoms with Crippen LogP contribution in [0.2, 0.25) is 16.6 Å². The normalized spacial score (nSPS) is 13.1. The molecule has 0 aliphatic heterocycles. The highest BCUT2D eigenvalue weighted by Gasteiger charge is 2.48. The van der Waals surface area contributed by atoms with Crippen LogP contribution in [0.25, 0.3) is 5.57 Å². The topological polar surface area (TPSA) is 26.3 Å². The second kappa shape index (κ2) is 8.50. The van der Waals surface area contributed by atoms with Crippen molar-refractivity contribution in [1.82, 2.24) is 0 Å². The third-order valence-corrected chi connectivity index (χ3v) is 12.3. The first-order valence-corrected chi connectivity index (χ1v) is 11.0. The molecule has 0 radical (unpaired) electrons. The minimum atomic E-state index is -2.13. The molecule has 0 fully saturated rings. The Morgan fingerprint density at radius 2 is 1.42 bits per heavy atom. The zero-order valence-corrected chi connectivity index (χ0v) is 17.4. The molecular formula is C21H32O2Si. The van der Waals surface area contributed by atoms with E-state index in [1.165, 1.54) is 0 Å². The van der Waals surface area contributed by atoms with E-state index in [9.17, 15) is 4.79 Å². The van der Waals surface area contributed by atoms with Gasteiger partial charge in [-0.05, 0) is 29.1 Å². The van der Waals surface area contributed by atoms with Crippen LogP contribution in [0, 0.1) is 0 Å². The minimum Gasteiger partial charge on any atom is -0.501 e. The highest BCUT2D eigenvalue weighted by atomic mass is 28.3. The summed E-state index contributed by atoms with van der Waals surface area (Å²) < 4.78 is 5.59. The molecule has 3 heteroatoms. The van der Waals surface area contributed by atoms with Gasteiger partial charge in [0.25, 0.3) is 0 Å². The first-order chi connectivity index (χ1) is 11.2. The van der Waals surface area contributed by atoms with Gasteiger partial charge < -0.3 is 4.74 Å². The summed E-state index contributed by atoms with van der Waals surface area (Å²) in [6.45, 7) is 15.5. The summed E-state index contributed by atoms with van der Waals surface area (Å²) in [4.78, 5) is 12.3. The Morgan fingerprint density at radius 1 is 0.958 bits per heavy atom. The smallest absolute Gasteiger partial charge is 0.124 e. The molecule has 0 saturated heterocycles. The molecular weight excluding hydrogens is 312 g/mol. The van der Waals surface area contributed by atoms with E-state index in [4.69, 9.17) is 4.74 Å². The van der Waals surface area contributed by atoms with Crippen molar-refractivity contribution < 1.29 is 9.53 Å². The second-order valence-electron chi connectivity index (χ2n) is 7.38. The lowest BCUT2D eigenvalue weighted by Gasteiger charge is -2.44. The van der Waals surface area contributed by atoms with E-state index in [1.54, 1.807) is 7.11 Å². The van der Waals surface area contributed by atoms with Crippen molar-refractivity contribution in [2.75, 3.05) is 7.11 Å². The van der Waals surface area contributed by atoms with E-state index in [-0.39, 0.29) is 0 Å². The van der Waals surface area contributed by atoms with Crippen LogP contribution < -0.4 is 0 Å². The van der Waals surface area contributed by atoms with Gasteiger partial charge in [0.2, 0.25) is 0 Å². The van der Waals surface area contributed by atoms with E-state index in [2.05, 4.69) is 59.6 Å². The predicted molar refractivity (Wildman–Crippen MR) is 106 cm³/mol. The van der Waals surface area contributed by atoms with Gasteiger partial charge in [-0.3, -0.25) is 0 Å². The SMILES string of the molecule is CO/C(C)=C(/C(=C=O)[Si](C(C)C)(C(C)C)C(C)C)c1ccccc1. The van der Waals surface area contributed by atoms with Gasteiger partial charge in [-0.2, -0.15) is 0 Å². The lowest BCUT2D eigenvalue weighted by molar-refractivity contribution is 0.296. The van der Waals surface area contributed by atoms with Crippen molar-refractivity contribution in [3.8, 4) is 0 Å². The summed E-state index contributed by atoms with van der Waals surface area (Å²) in [6.07, 6.45) is 0. The van der Waals surface area contributed by atoms with Gasteiger partial charge in [0.1, 0.15) is 19.8 Å². The van der Waals surface area contributed by atoms with Crippen molar-refractivity contribution in [2.45, 2.75) is 65.1 Å². The Bertz CT molecular complexity index is 599. The van der Waals surface area contributed by atoms with E-state index in [0.29, 0.717) is 16.6 Å². The summed E-state index contributed by atoms with van der Waals surface area (Å²) in [5, 5.41) is 0.869. The Hall–Kier alpha value is -1.57. The Kier molecular flexibility index (Phi) is 7.25. The summed E-state index contributed by atoms with van der Waals surface area (Å²) in [5.41, 5.74) is 3.30. The third-order valence-electron chi connectivity index (χ3n) is 5.37. The Balaban J connectivity index is 3.80. The molecule has 132 valence electrons. The molecule has 1 aromatic rings. The number of hydrogen-bond acceptors (Lipinski definition) is 2. The first kappa shape index (κ1) is 20.5. The molecule has 0 aliphatic rings. The van der Waals surface area contributed by atoms with Crippen LogP contribution in [0.1, 0.15) is 54.0 Å². The van der Waals surface area contributed by atoms with E-state index >= 15 is 0 Å². The van der Waals surface area contributed by atoms with Crippen LogP contribution in [0.4, 0.5) is 0 Å². The second-order valence-corrected chi connectivity index (χ2v) is 13.2. The zero-order valence-electron chi connectivity index (χ0n) is 16.4. The molecule has 0 amide bonds. The van der Waals surface area contributed by atoms with Crippen LogP contribution in [0.3, 0.4) is 0 Å². The van der Waals surface area contributed by atoms with Gasteiger partial charge in [0.15, 0.2) is 0 Å². The molecule has 0 saturated carbocycles. The van der Waals surface area contributed by atoms with Gasteiger partial charge in [-0.25, -0.2) is 4.79 Å². The minimum absolute atomic E-state index is 0.442. The van der Waals surface area contributed by atoms with E-state index in [1.807, 2.05) is 25.1 Å². The zero-order chi connectivity index (χ0) is 18.5. The predicted octanol–water partition coefficient (Wildman–Crippen LogP) is 6.04. The molecule has 0 bridgehead atoms. The first-order valence-electron chi connectivity index (χ1n) is 8.81. The molecule has 1 rings (SSSR count). The monoisotopic (exact) mass is 344 g/mol. The molecule has 2 nitrogen and oxygen atoms in total. The summed E-state index contributed by atoms with van der Waals surface area (Å²) in [6, 6.07) is 10.1. The van der Waals surface area contributed by atoms with Crippen LogP contribution in [-0.4, -0.2) is 21.1 Å². The fourth-order valence-electron chi connectivity index (χ4n) is 4.45. The van der Waals surface area contributed by atoms with Crippen molar-refractivity contribution >= 4 is 19.6 Å². The molecule has 0 spiro atoms. The summed E-state index contributed by atoms with van der Waals surface area (Å²) >= 11 is 0. The average Bonchev–Trinajstić information content (AvgIpc) is 2.53. The van der Waals surface area contributed by atoms with E-state index < -0.39 is 8.07 Å². The number of rotatable bonds is 7. The third kappa shape index (κ3) is 3.58. The number of hydrogen-bond donors (Lipinski definition) is 0. The quantitative estimate of drug-likeness (QED) is 0.261. The lowest BCUT2D eigenvalue weighted by atomic mass is 10.0. The standard InChI is InChI=1S/C21H32O2Si/c1-15(2)24(16(3)4,17(5)6)20(14-22)21(18(7)23-8)19-12-10-9-11-13-19/h9-13,15-17H,1-8H3/b21-18+. The Morgan fingerprint density at radius 3 is 1.75 bits per heavy atom. The number of methoxy groups -OCH3 is 1. The number of benzene rings is 1. The van der Waals surface area contributed by atoms with Crippen molar-refractivity contribution in [3.05, 3.63) is 46.9 Å². The largest absolute Gasteiger partial charge is 0.501 e. The molecule has 0 aliphatic carbocycles. The van der Waals surface area contributed by atoms with Gasteiger partial charge in [0, 0.05) is 10.8 Å². The van der Waals surface area contributed by atoms with Crippen molar-refractivity contribution in [3.63, 3.8) is 0 Å². The van der Waals surface area contributed by atoms with Crippen LogP contribution in [-0.2, 0) is 9.53 Å². The van der Waals surface area contributed by atoms with Crippen LogP contribution in [0.15, 0.2) is 41.3 Å². The van der Waals surface area contributed by atoms with Crippen LogP contribution in [0.5, 0.6) is 0 Å². The maximum absolute atomic E-state index is 12.3. The summed E-state index contributed by atoms with van der Waals surface area (Å²) in [7, 11) is -0.456. The number of ether oxygens (including phenoxy) is 1. The Labute approximate surface area is 148 Å². The molecule has 0 unspecified atom stereocenters. The highest BCUT2D eigenvalue weighted by molar-refractivity contribution is 6.93. The van der Waals surface area contributed by atoms with Gasteiger partial charge in [-0.1, -0.05) is 71.9 Å². The maximum atomic E-state index is 12.3. The van der Waals surface area contributed by atoms with Gasteiger partial charge in [-0.15, -0.1) is 0 Å². The molecule has 1 aromatic carbocycles. The molecule has 0 aromatic heterocycles. The van der Waals surface area contributed by atoms with Gasteiger partial charge in [0.05, 0.1) is 7.11 Å². The maximum Gasteiger partial charge on any atom is 0.124 e. The molecule has 0 heterocycles. The molecule has 0 atom stereocenters. The highest BCUT2D eigenvalue weighted by Crippen LogP contribution is 2.49. The van der Waals surface area contributed by atoms with Crippen molar-refractivity contribution in [1.29, 1.82) is 0 Å². The number of allylic oxidation sites excluding steroid dienone is 3. The fourth-order valence-corrected chi connectivity index (χ4v) is 11.1. The van der Waals surface area contributed by atoms with Crippen molar-refractivity contribution in [2.24, 2.45) is 0 Å². The fraction of sp³-hybridized carbons (Fsp3) is 0.524. The number of carbonyl (C=O) groups excluding carboxylic acids is 1. The lowest BCUT2D eigenvalue weighted by Crippen LogP contribution is -2.47. The molecule has 24 heavy (non-hydrogen) atoms. The average molecular weight is 345 g/mol. The van der Waals surface area contributed by atoms with E-state index in [0.717, 1.165) is 22.1 Å². The van der Waals surface area contributed by atoms with Crippen LogP contribution >= 0.6 is 0 Å². The summed E-state index contributed by atoms with van der Waals surface area (Å²) in [5.74, 6) is 3.18.